The molecule has 2 unspecified atom stereocenters. The molecule has 1 aliphatic rings. The van der Waals surface area contributed by atoms with Gasteiger partial charge in [0, 0.05) is 11.6 Å². The summed E-state index contributed by atoms with van der Waals surface area (Å²) >= 11 is 5.71. The molecule has 1 aromatic rings. The van der Waals surface area contributed by atoms with Crippen LogP contribution < -0.4 is 5.32 Å². The third-order valence-electron chi connectivity index (χ3n) is 3.58. The average Bonchev–Trinajstić information content (AvgIpc) is 2.39. The number of aromatic nitrogens is 1. The Bertz CT molecular complexity index is 624. The summed E-state index contributed by atoms with van der Waals surface area (Å²) < 4.78 is 0. The molecule has 0 saturated carbocycles. The molecule has 0 bridgehead atoms. The lowest BCUT2D eigenvalue weighted by Crippen LogP contribution is -2.58. The van der Waals surface area contributed by atoms with Crippen molar-refractivity contribution in [3.8, 4) is 12.1 Å². The fraction of sp³-hybridized carbons (Fsp3) is 0.308. The van der Waals surface area contributed by atoms with E-state index in [9.17, 15) is 20.1 Å². The molecule has 0 aromatic carbocycles. The number of nitrogens with one attached hydrogen (secondary N) is 1. The molecule has 2 heterocycles. The van der Waals surface area contributed by atoms with Crippen molar-refractivity contribution in [3.63, 3.8) is 0 Å². The van der Waals surface area contributed by atoms with Crippen LogP contribution in [0, 0.1) is 34.5 Å². The SMILES string of the molecule is CC1(c2ccc(Cl)nc2)C(C#N)C(=O)NC(=O)C1C#N. The lowest BCUT2D eigenvalue weighted by molar-refractivity contribution is -0.140. The van der Waals surface area contributed by atoms with Crippen LogP contribution in [-0.4, -0.2) is 16.8 Å². The zero-order chi connectivity index (χ0) is 14.9. The molecule has 0 radical (unpaired) electrons. The first-order valence-electron chi connectivity index (χ1n) is 5.71. The van der Waals surface area contributed by atoms with Crippen LogP contribution >= 0.6 is 11.6 Å². The fourth-order valence-corrected chi connectivity index (χ4v) is 2.50. The van der Waals surface area contributed by atoms with Crippen LogP contribution in [0.1, 0.15) is 12.5 Å². The number of carbonyl (C=O) groups excluding carboxylic acids is 2. The van der Waals surface area contributed by atoms with Crippen LogP contribution in [0.4, 0.5) is 0 Å². The highest BCUT2D eigenvalue weighted by molar-refractivity contribution is 6.29. The normalized spacial score (nSPS) is 29.2. The number of imide groups is 1. The summed E-state index contributed by atoms with van der Waals surface area (Å²) in [5.41, 5.74) is -0.816. The van der Waals surface area contributed by atoms with Gasteiger partial charge < -0.3 is 0 Å². The Hall–Kier alpha value is -2.44. The monoisotopic (exact) mass is 288 g/mol. The summed E-state index contributed by atoms with van der Waals surface area (Å²) in [5, 5.41) is 20.8. The van der Waals surface area contributed by atoms with Gasteiger partial charge in [-0.15, -0.1) is 0 Å². The minimum atomic E-state index is -1.26. The van der Waals surface area contributed by atoms with E-state index in [-0.39, 0.29) is 5.15 Å². The molecule has 1 N–H and O–H groups in total. The van der Waals surface area contributed by atoms with Crippen molar-refractivity contribution in [2.75, 3.05) is 0 Å². The number of hydrogen-bond acceptors (Lipinski definition) is 5. The third-order valence-corrected chi connectivity index (χ3v) is 3.80. The summed E-state index contributed by atoms with van der Waals surface area (Å²) in [6, 6.07) is 6.79. The van der Waals surface area contributed by atoms with Crippen LogP contribution in [0.5, 0.6) is 0 Å². The fourth-order valence-electron chi connectivity index (χ4n) is 2.39. The van der Waals surface area contributed by atoms with E-state index in [1.165, 1.54) is 19.2 Å². The number of amides is 2. The first kappa shape index (κ1) is 14.0. The maximum absolute atomic E-state index is 11.8. The zero-order valence-electron chi connectivity index (χ0n) is 10.4. The number of pyridine rings is 1. The van der Waals surface area contributed by atoms with Crippen LogP contribution in [-0.2, 0) is 15.0 Å². The Morgan fingerprint density at radius 3 is 2.20 bits per heavy atom. The molecule has 2 atom stereocenters. The Balaban J connectivity index is 2.65. The molecule has 0 spiro atoms. The summed E-state index contributed by atoms with van der Waals surface area (Å²) in [4.78, 5) is 27.6. The van der Waals surface area contributed by atoms with Gasteiger partial charge in [-0.3, -0.25) is 14.9 Å². The standard InChI is InChI=1S/C13H9ClN4O2/c1-13(7-2-3-10(14)17-6-7)8(4-15)11(19)18-12(20)9(13)5-16/h2-3,6,8-9H,1H3,(H,18,19,20). The van der Waals surface area contributed by atoms with E-state index in [2.05, 4.69) is 4.98 Å². The van der Waals surface area contributed by atoms with E-state index in [0.717, 1.165) is 0 Å². The Morgan fingerprint density at radius 1 is 1.25 bits per heavy atom. The van der Waals surface area contributed by atoms with E-state index in [1.54, 1.807) is 6.07 Å². The van der Waals surface area contributed by atoms with Crippen LogP contribution in [0.15, 0.2) is 18.3 Å². The number of nitrogens with zero attached hydrogens (tertiary/aromatic N) is 3. The number of halogens is 1. The molecular weight excluding hydrogens is 280 g/mol. The van der Waals surface area contributed by atoms with Crippen molar-refractivity contribution in [3.05, 3.63) is 29.0 Å². The van der Waals surface area contributed by atoms with Gasteiger partial charge in [0.15, 0.2) is 0 Å². The molecule has 7 heteroatoms. The minimum Gasteiger partial charge on any atom is -0.294 e. The van der Waals surface area contributed by atoms with E-state index in [1.807, 2.05) is 17.5 Å². The van der Waals surface area contributed by atoms with Crippen molar-refractivity contribution in [2.24, 2.45) is 11.8 Å². The maximum Gasteiger partial charge on any atom is 0.244 e. The molecule has 1 fully saturated rings. The number of hydrogen-bond donors (Lipinski definition) is 1. The van der Waals surface area contributed by atoms with Gasteiger partial charge in [-0.2, -0.15) is 10.5 Å². The molecule has 1 aromatic heterocycles. The van der Waals surface area contributed by atoms with Crippen LogP contribution in [0.3, 0.4) is 0 Å². The molecule has 2 amide bonds. The van der Waals surface area contributed by atoms with Gasteiger partial charge in [0.1, 0.15) is 17.0 Å². The van der Waals surface area contributed by atoms with Gasteiger partial charge in [-0.1, -0.05) is 24.6 Å². The lowest BCUT2D eigenvalue weighted by atomic mass is 9.62. The van der Waals surface area contributed by atoms with Crippen LogP contribution in [0.2, 0.25) is 5.15 Å². The zero-order valence-corrected chi connectivity index (χ0v) is 11.2. The Kier molecular flexibility index (Phi) is 3.44. The minimum absolute atomic E-state index is 0.242. The van der Waals surface area contributed by atoms with E-state index in [4.69, 9.17) is 11.6 Å². The highest BCUT2D eigenvalue weighted by Gasteiger charge is 2.54. The van der Waals surface area contributed by atoms with Gasteiger partial charge in [-0.25, -0.2) is 4.98 Å². The Morgan fingerprint density at radius 2 is 1.80 bits per heavy atom. The number of piperidine rings is 1. The second-order valence-corrected chi connectivity index (χ2v) is 5.02. The van der Waals surface area contributed by atoms with Crippen molar-refractivity contribution < 1.29 is 9.59 Å². The molecule has 2 rings (SSSR count). The van der Waals surface area contributed by atoms with Gasteiger partial charge in [-0.05, 0) is 11.6 Å². The summed E-state index contributed by atoms with van der Waals surface area (Å²) in [5.74, 6) is -3.73. The topological polar surface area (TPSA) is 107 Å². The first-order valence-corrected chi connectivity index (χ1v) is 6.09. The van der Waals surface area contributed by atoms with Crippen molar-refractivity contribution in [2.45, 2.75) is 12.3 Å². The van der Waals surface area contributed by atoms with Gasteiger partial charge >= 0.3 is 0 Å². The molecule has 100 valence electrons. The predicted octanol–water partition coefficient (Wildman–Crippen LogP) is 0.929. The summed E-state index contributed by atoms with van der Waals surface area (Å²) in [6.07, 6.45) is 1.38. The smallest absolute Gasteiger partial charge is 0.244 e. The van der Waals surface area contributed by atoms with E-state index < -0.39 is 29.1 Å². The van der Waals surface area contributed by atoms with Gasteiger partial charge in [0.25, 0.3) is 0 Å². The molecule has 1 aliphatic heterocycles. The van der Waals surface area contributed by atoms with Gasteiger partial charge in [0.2, 0.25) is 11.8 Å². The van der Waals surface area contributed by atoms with Crippen LogP contribution in [0.25, 0.3) is 0 Å². The van der Waals surface area contributed by atoms with Crippen molar-refractivity contribution in [1.82, 2.24) is 10.3 Å². The van der Waals surface area contributed by atoms with Crippen molar-refractivity contribution in [1.29, 1.82) is 10.5 Å². The number of nitriles is 2. The molecule has 20 heavy (non-hydrogen) atoms. The number of carbonyl (C=O) groups is 2. The third kappa shape index (κ3) is 1.91. The molecule has 1 saturated heterocycles. The summed E-state index contributed by atoms with van der Waals surface area (Å²) in [6.45, 7) is 1.54. The quantitative estimate of drug-likeness (QED) is 0.611. The molecule has 6 nitrogen and oxygen atoms in total. The highest BCUT2D eigenvalue weighted by atomic mass is 35.5. The number of rotatable bonds is 1. The van der Waals surface area contributed by atoms with E-state index in [0.29, 0.717) is 5.56 Å². The summed E-state index contributed by atoms with van der Waals surface area (Å²) in [7, 11) is 0. The van der Waals surface area contributed by atoms with E-state index >= 15 is 0 Å². The lowest BCUT2D eigenvalue weighted by Gasteiger charge is -2.39. The molecular formula is C13H9ClN4O2. The Labute approximate surface area is 120 Å². The predicted molar refractivity (Wildman–Crippen MR) is 68.0 cm³/mol. The first-order chi connectivity index (χ1) is 9.44. The average molecular weight is 289 g/mol. The second-order valence-electron chi connectivity index (χ2n) is 4.63. The van der Waals surface area contributed by atoms with Gasteiger partial charge in [0.05, 0.1) is 12.1 Å². The molecule has 0 aliphatic carbocycles. The highest BCUT2D eigenvalue weighted by Crippen LogP contribution is 2.41. The largest absolute Gasteiger partial charge is 0.294 e. The maximum atomic E-state index is 11.8. The van der Waals surface area contributed by atoms with Crippen molar-refractivity contribution >= 4 is 23.4 Å². The second kappa shape index (κ2) is 4.92.